The van der Waals surface area contributed by atoms with Gasteiger partial charge in [0.25, 0.3) is 0 Å². The molecule has 1 aromatic heterocycles. The van der Waals surface area contributed by atoms with E-state index in [1.54, 1.807) is 0 Å². The number of nitrogens with one attached hydrogen (secondary N) is 2. The number of hydrogen-bond donors (Lipinski definition) is 3. The standard InChI is InChI=1S/C16H24N4O3/c1-3-11(4-2)23-15-19-12(14(21)22)5-13(20-15)18-10-6-16(7-10)8-17-9-16/h5,10-11,17H,3-4,6-9H2,1-2H3,(H,21,22)(H,18,19,20). The Hall–Kier alpha value is -1.89. The van der Waals surface area contributed by atoms with E-state index in [0.29, 0.717) is 17.3 Å². The van der Waals surface area contributed by atoms with E-state index in [2.05, 4.69) is 20.6 Å². The van der Waals surface area contributed by atoms with Crippen molar-refractivity contribution in [2.75, 3.05) is 18.4 Å². The van der Waals surface area contributed by atoms with Gasteiger partial charge >= 0.3 is 12.0 Å². The molecule has 23 heavy (non-hydrogen) atoms. The van der Waals surface area contributed by atoms with E-state index in [4.69, 9.17) is 4.74 Å². The summed E-state index contributed by atoms with van der Waals surface area (Å²) in [6, 6.07) is 1.96. The summed E-state index contributed by atoms with van der Waals surface area (Å²) in [5.74, 6) is -0.538. The number of rotatable bonds is 7. The molecule has 7 nitrogen and oxygen atoms in total. The third-order valence-electron chi connectivity index (χ3n) is 4.82. The predicted molar refractivity (Wildman–Crippen MR) is 85.9 cm³/mol. The van der Waals surface area contributed by atoms with E-state index in [1.165, 1.54) is 6.07 Å². The summed E-state index contributed by atoms with van der Waals surface area (Å²) in [6.07, 6.45) is 3.85. The highest BCUT2D eigenvalue weighted by molar-refractivity contribution is 5.86. The second-order valence-corrected chi connectivity index (χ2v) is 6.64. The lowest BCUT2D eigenvalue weighted by Gasteiger charge is -2.54. The first-order chi connectivity index (χ1) is 11.0. The van der Waals surface area contributed by atoms with Crippen LogP contribution in [0.2, 0.25) is 0 Å². The van der Waals surface area contributed by atoms with Gasteiger partial charge in [-0.1, -0.05) is 13.8 Å². The molecule has 0 unspecified atom stereocenters. The number of anilines is 1. The Morgan fingerprint density at radius 2 is 2.13 bits per heavy atom. The highest BCUT2D eigenvalue weighted by atomic mass is 16.5. The molecule has 2 heterocycles. The molecule has 0 atom stereocenters. The topological polar surface area (TPSA) is 96.4 Å². The highest BCUT2D eigenvalue weighted by Crippen LogP contribution is 2.45. The third kappa shape index (κ3) is 3.39. The smallest absolute Gasteiger partial charge is 0.354 e. The Kier molecular flexibility index (Phi) is 4.39. The Morgan fingerprint density at radius 3 is 2.65 bits per heavy atom. The van der Waals surface area contributed by atoms with Gasteiger partial charge in [0, 0.05) is 25.2 Å². The molecule has 2 fully saturated rings. The van der Waals surface area contributed by atoms with E-state index in [9.17, 15) is 9.90 Å². The first kappa shape index (κ1) is 16.0. The summed E-state index contributed by atoms with van der Waals surface area (Å²) in [6.45, 7) is 6.21. The third-order valence-corrected chi connectivity index (χ3v) is 4.82. The minimum absolute atomic E-state index is 0.0000761. The maximum atomic E-state index is 11.3. The van der Waals surface area contributed by atoms with Crippen LogP contribution in [-0.4, -0.2) is 46.3 Å². The fraction of sp³-hybridized carbons (Fsp3) is 0.688. The van der Waals surface area contributed by atoms with Crippen molar-refractivity contribution in [1.82, 2.24) is 15.3 Å². The first-order valence-corrected chi connectivity index (χ1v) is 8.30. The van der Waals surface area contributed by atoms with Gasteiger partial charge in [0.15, 0.2) is 5.69 Å². The van der Waals surface area contributed by atoms with Gasteiger partial charge in [-0.3, -0.25) is 0 Å². The molecule has 126 valence electrons. The first-order valence-electron chi connectivity index (χ1n) is 8.30. The van der Waals surface area contributed by atoms with E-state index < -0.39 is 5.97 Å². The molecule has 0 amide bonds. The minimum Gasteiger partial charge on any atom is -0.477 e. The lowest BCUT2D eigenvalue weighted by Crippen LogP contribution is -2.63. The minimum atomic E-state index is -1.07. The second-order valence-electron chi connectivity index (χ2n) is 6.64. The molecule has 7 heteroatoms. The van der Waals surface area contributed by atoms with Crippen molar-refractivity contribution < 1.29 is 14.6 Å². The average molecular weight is 320 g/mol. The highest BCUT2D eigenvalue weighted by Gasteiger charge is 2.48. The van der Waals surface area contributed by atoms with Crippen LogP contribution in [0.3, 0.4) is 0 Å². The van der Waals surface area contributed by atoms with Crippen LogP contribution in [0.5, 0.6) is 6.01 Å². The van der Waals surface area contributed by atoms with Crippen LogP contribution in [-0.2, 0) is 0 Å². The Morgan fingerprint density at radius 1 is 1.43 bits per heavy atom. The van der Waals surface area contributed by atoms with Crippen molar-refractivity contribution in [1.29, 1.82) is 0 Å². The molecule has 1 spiro atoms. The van der Waals surface area contributed by atoms with Crippen molar-refractivity contribution in [3.05, 3.63) is 11.8 Å². The number of nitrogens with zero attached hydrogens (tertiary/aromatic N) is 2. The molecular weight excluding hydrogens is 296 g/mol. The quantitative estimate of drug-likeness (QED) is 0.706. The van der Waals surface area contributed by atoms with Gasteiger partial charge in [0.05, 0.1) is 0 Å². The molecule has 1 saturated carbocycles. The Balaban J connectivity index is 1.70. The maximum Gasteiger partial charge on any atom is 0.354 e. The van der Waals surface area contributed by atoms with E-state index in [-0.39, 0.29) is 17.8 Å². The number of carbonyl (C=O) groups is 1. The van der Waals surface area contributed by atoms with E-state index >= 15 is 0 Å². The molecule has 0 radical (unpaired) electrons. The number of carboxylic acid groups (broad SMARTS) is 1. The van der Waals surface area contributed by atoms with Crippen LogP contribution in [0.15, 0.2) is 6.07 Å². The van der Waals surface area contributed by atoms with Gasteiger partial charge in [0.1, 0.15) is 11.9 Å². The molecule has 0 aromatic carbocycles. The predicted octanol–water partition coefficient (Wildman–Crippen LogP) is 1.91. The average Bonchev–Trinajstić information content (AvgIpc) is 2.45. The Labute approximate surface area is 135 Å². The Bertz CT molecular complexity index is 577. The summed E-state index contributed by atoms with van der Waals surface area (Å²) in [4.78, 5) is 19.6. The van der Waals surface area contributed by atoms with Crippen molar-refractivity contribution in [3.8, 4) is 6.01 Å². The molecule has 3 rings (SSSR count). The van der Waals surface area contributed by atoms with Crippen molar-refractivity contribution >= 4 is 11.8 Å². The largest absolute Gasteiger partial charge is 0.477 e. The molecule has 3 N–H and O–H groups in total. The zero-order valence-corrected chi connectivity index (χ0v) is 13.6. The zero-order valence-electron chi connectivity index (χ0n) is 13.6. The number of ether oxygens (including phenoxy) is 1. The van der Waals surface area contributed by atoms with Crippen LogP contribution < -0.4 is 15.4 Å². The molecule has 2 aliphatic rings. The molecule has 1 aromatic rings. The van der Waals surface area contributed by atoms with Gasteiger partial charge in [0.2, 0.25) is 0 Å². The van der Waals surface area contributed by atoms with Gasteiger partial charge < -0.3 is 20.5 Å². The van der Waals surface area contributed by atoms with Gasteiger partial charge in [-0.25, -0.2) is 4.79 Å². The molecule has 1 aliphatic heterocycles. The number of hydrogen-bond acceptors (Lipinski definition) is 6. The molecule has 1 aliphatic carbocycles. The van der Waals surface area contributed by atoms with Crippen LogP contribution >= 0.6 is 0 Å². The monoisotopic (exact) mass is 320 g/mol. The maximum absolute atomic E-state index is 11.3. The fourth-order valence-electron chi connectivity index (χ4n) is 3.33. The van der Waals surface area contributed by atoms with Gasteiger partial charge in [-0.05, 0) is 31.1 Å². The van der Waals surface area contributed by atoms with Gasteiger partial charge in [-0.2, -0.15) is 9.97 Å². The number of aromatic nitrogens is 2. The van der Waals surface area contributed by atoms with Crippen LogP contribution in [0.1, 0.15) is 50.0 Å². The molecule has 1 saturated heterocycles. The van der Waals surface area contributed by atoms with Crippen LogP contribution in [0.25, 0.3) is 0 Å². The lowest BCUT2D eigenvalue weighted by molar-refractivity contribution is 0.0468. The van der Waals surface area contributed by atoms with Crippen molar-refractivity contribution in [2.24, 2.45) is 5.41 Å². The zero-order chi connectivity index (χ0) is 16.4. The summed E-state index contributed by atoms with van der Waals surface area (Å²) < 4.78 is 5.72. The fourth-order valence-corrected chi connectivity index (χ4v) is 3.33. The van der Waals surface area contributed by atoms with Crippen molar-refractivity contribution in [2.45, 2.75) is 51.7 Å². The van der Waals surface area contributed by atoms with Crippen molar-refractivity contribution in [3.63, 3.8) is 0 Å². The number of carboxylic acids is 1. The lowest BCUT2D eigenvalue weighted by atomic mass is 9.62. The normalized spacial score (nSPS) is 19.3. The SMILES string of the molecule is CCC(CC)Oc1nc(NC2CC3(CNC3)C2)cc(C(=O)O)n1. The second kappa shape index (κ2) is 6.31. The molecular formula is C16H24N4O3. The van der Waals surface area contributed by atoms with Gasteiger partial charge in [-0.15, -0.1) is 0 Å². The molecule has 0 bridgehead atoms. The summed E-state index contributed by atoms with van der Waals surface area (Å²) in [5.41, 5.74) is 0.414. The number of aromatic carboxylic acids is 1. The summed E-state index contributed by atoms with van der Waals surface area (Å²) >= 11 is 0. The van der Waals surface area contributed by atoms with Crippen LogP contribution in [0, 0.1) is 5.41 Å². The van der Waals surface area contributed by atoms with Crippen LogP contribution in [0.4, 0.5) is 5.82 Å². The summed E-state index contributed by atoms with van der Waals surface area (Å²) in [7, 11) is 0. The summed E-state index contributed by atoms with van der Waals surface area (Å²) in [5, 5.41) is 15.9. The van der Waals surface area contributed by atoms with E-state index in [0.717, 1.165) is 38.8 Å². The van der Waals surface area contributed by atoms with E-state index in [1.807, 2.05) is 13.8 Å².